The van der Waals surface area contributed by atoms with Gasteiger partial charge in [-0.25, -0.2) is 14.6 Å². The number of aromatic nitrogens is 1. The number of amides is 2. The van der Waals surface area contributed by atoms with Crippen molar-refractivity contribution in [2.45, 2.75) is 84.7 Å². The van der Waals surface area contributed by atoms with E-state index in [1.54, 1.807) is 45.4 Å². The van der Waals surface area contributed by atoms with Crippen LogP contribution in [0.3, 0.4) is 0 Å². The van der Waals surface area contributed by atoms with Crippen LogP contribution in [-0.2, 0) is 20.7 Å². The van der Waals surface area contributed by atoms with Crippen LogP contribution in [0.2, 0.25) is 18.1 Å². The third kappa shape index (κ3) is 5.14. The predicted octanol–water partition coefficient (Wildman–Crippen LogP) is 4.22. The zero-order valence-electron chi connectivity index (χ0n) is 20.9. The van der Waals surface area contributed by atoms with Gasteiger partial charge in [-0.3, -0.25) is 9.69 Å². The number of carboxylic acid groups (broad SMARTS) is 1. The number of carboxylic acids is 1. The summed E-state index contributed by atoms with van der Waals surface area (Å²) in [6.45, 7) is 17.4. The standard InChI is InChI=1S/C23H37N3O5Si/c1-14-11-15(13-17(24-14)25(8)21(30)31-22(2,3)4)12-16-18(20(28)29)26(19(16)27)32(9,10)23(5,6)7/h11,13,16,18H,12H2,1-10H3,(H,28,29)/t16-,18+/m1/s1. The van der Waals surface area contributed by atoms with Crippen molar-refractivity contribution in [2.24, 2.45) is 5.92 Å². The second-order valence-corrected chi connectivity index (χ2v) is 16.2. The van der Waals surface area contributed by atoms with Gasteiger partial charge in [0, 0.05) is 12.7 Å². The maximum Gasteiger partial charge on any atom is 0.415 e. The van der Waals surface area contributed by atoms with Crippen LogP contribution < -0.4 is 4.90 Å². The molecule has 1 fully saturated rings. The number of nitrogens with zero attached hydrogens (tertiary/aromatic N) is 3. The minimum absolute atomic E-state index is 0.111. The molecule has 0 aliphatic carbocycles. The first-order chi connectivity index (χ1) is 14.4. The molecule has 0 spiro atoms. The number of carbonyl (C=O) groups excluding carboxylic acids is 2. The number of aryl methyl sites for hydroxylation is 1. The van der Waals surface area contributed by atoms with Crippen molar-refractivity contribution in [3.05, 3.63) is 23.4 Å². The smallest absolute Gasteiger partial charge is 0.415 e. The molecule has 0 unspecified atom stereocenters. The highest BCUT2D eigenvalue weighted by atomic mass is 28.3. The summed E-state index contributed by atoms with van der Waals surface area (Å²) in [4.78, 5) is 43.4. The van der Waals surface area contributed by atoms with E-state index in [0.717, 1.165) is 5.56 Å². The molecule has 1 aliphatic rings. The van der Waals surface area contributed by atoms with Crippen LogP contribution in [0.15, 0.2) is 12.1 Å². The van der Waals surface area contributed by atoms with Crippen LogP contribution in [0.4, 0.5) is 10.6 Å². The molecular formula is C23H37N3O5Si. The van der Waals surface area contributed by atoms with Gasteiger partial charge < -0.3 is 14.4 Å². The van der Waals surface area contributed by atoms with Gasteiger partial charge >= 0.3 is 12.1 Å². The minimum Gasteiger partial charge on any atom is -0.480 e. The number of hydrogen-bond donors (Lipinski definition) is 1. The maximum atomic E-state index is 13.1. The van der Waals surface area contributed by atoms with Crippen molar-refractivity contribution in [2.75, 3.05) is 11.9 Å². The molecule has 1 N–H and O–H groups in total. The highest BCUT2D eigenvalue weighted by Crippen LogP contribution is 2.45. The third-order valence-corrected chi connectivity index (χ3v) is 11.7. The largest absolute Gasteiger partial charge is 0.480 e. The molecule has 2 atom stereocenters. The first kappa shape index (κ1) is 25.8. The zero-order valence-corrected chi connectivity index (χ0v) is 21.9. The molecule has 0 radical (unpaired) electrons. The minimum atomic E-state index is -2.33. The summed E-state index contributed by atoms with van der Waals surface area (Å²) in [6, 6.07) is 2.70. The Morgan fingerprint density at radius 3 is 2.22 bits per heavy atom. The van der Waals surface area contributed by atoms with Gasteiger partial charge in [0.2, 0.25) is 5.91 Å². The quantitative estimate of drug-likeness (QED) is 0.518. The Morgan fingerprint density at radius 1 is 1.19 bits per heavy atom. The van der Waals surface area contributed by atoms with Gasteiger partial charge in [0.25, 0.3) is 0 Å². The fourth-order valence-corrected chi connectivity index (χ4v) is 6.13. The number of carbonyl (C=O) groups is 3. The van der Waals surface area contributed by atoms with Crippen LogP contribution in [0, 0.1) is 12.8 Å². The van der Waals surface area contributed by atoms with E-state index in [1.165, 1.54) is 4.90 Å². The van der Waals surface area contributed by atoms with Crippen molar-refractivity contribution in [3.8, 4) is 0 Å². The SMILES string of the molecule is Cc1cc(C[C@H]2C(=O)N([Si](C)(C)C(C)(C)C)[C@@H]2C(=O)O)cc(N(C)C(=O)OC(C)(C)C)n1. The summed E-state index contributed by atoms with van der Waals surface area (Å²) >= 11 is 0. The van der Waals surface area contributed by atoms with E-state index >= 15 is 0 Å². The Kier molecular flexibility index (Phi) is 6.86. The molecule has 0 aromatic carbocycles. The lowest BCUT2D eigenvalue weighted by molar-refractivity contribution is -0.163. The lowest BCUT2D eigenvalue weighted by Crippen LogP contribution is -2.75. The first-order valence-electron chi connectivity index (χ1n) is 10.9. The number of rotatable bonds is 5. The fourth-order valence-electron chi connectivity index (χ4n) is 3.70. The van der Waals surface area contributed by atoms with Crippen molar-refractivity contribution >= 4 is 32.0 Å². The Morgan fingerprint density at radius 2 is 1.75 bits per heavy atom. The Balaban J connectivity index is 2.30. The second kappa shape index (κ2) is 8.50. The molecule has 2 amide bonds. The summed E-state index contributed by atoms with van der Waals surface area (Å²) < 4.78 is 7.05. The topological polar surface area (TPSA) is 100 Å². The van der Waals surface area contributed by atoms with Crippen LogP contribution in [0.1, 0.15) is 52.8 Å². The highest BCUT2D eigenvalue weighted by molar-refractivity contribution is 6.80. The molecule has 0 saturated carbocycles. The average Bonchev–Trinajstić information content (AvgIpc) is 2.59. The Bertz CT molecular complexity index is 917. The van der Waals surface area contributed by atoms with E-state index in [-0.39, 0.29) is 17.4 Å². The van der Waals surface area contributed by atoms with Gasteiger partial charge in [-0.05, 0) is 56.9 Å². The average molecular weight is 464 g/mol. The summed E-state index contributed by atoms with van der Waals surface area (Å²) in [5.41, 5.74) is 0.799. The Labute approximate surface area is 192 Å². The summed E-state index contributed by atoms with van der Waals surface area (Å²) in [7, 11) is -0.749. The van der Waals surface area contributed by atoms with E-state index in [0.29, 0.717) is 11.5 Å². The van der Waals surface area contributed by atoms with Crippen LogP contribution >= 0.6 is 0 Å². The second-order valence-electron chi connectivity index (χ2n) is 11.1. The maximum absolute atomic E-state index is 13.1. The molecule has 1 aromatic rings. The monoisotopic (exact) mass is 463 g/mol. The van der Waals surface area contributed by atoms with E-state index in [1.807, 2.05) is 19.2 Å². The number of anilines is 1. The van der Waals surface area contributed by atoms with Gasteiger partial charge in [0.15, 0.2) is 8.24 Å². The van der Waals surface area contributed by atoms with Crippen LogP contribution in [0.25, 0.3) is 0 Å². The molecular weight excluding hydrogens is 426 g/mol. The van der Waals surface area contributed by atoms with Crippen LogP contribution in [0.5, 0.6) is 0 Å². The van der Waals surface area contributed by atoms with Crippen molar-refractivity contribution < 1.29 is 24.2 Å². The van der Waals surface area contributed by atoms with Crippen molar-refractivity contribution in [1.29, 1.82) is 0 Å². The predicted molar refractivity (Wildman–Crippen MR) is 126 cm³/mol. The molecule has 178 valence electrons. The molecule has 8 nitrogen and oxygen atoms in total. The van der Waals surface area contributed by atoms with E-state index in [9.17, 15) is 19.5 Å². The lowest BCUT2D eigenvalue weighted by Gasteiger charge is -2.56. The van der Waals surface area contributed by atoms with E-state index in [2.05, 4.69) is 25.8 Å². The van der Waals surface area contributed by atoms with Crippen molar-refractivity contribution in [1.82, 2.24) is 9.55 Å². The first-order valence-corrected chi connectivity index (χ1v) is 13.8. The molecule has 2 rings (SSSR count). The molecule has 1 aromatic heterocycles. The zero-order chi connectivity index (χ0) is 24.8. The van der Waals surface area contributed by atoms with E-state index in [4.69, 9.17) is 4.74 Å². The molecule has 0 bridgehead atoms. The van der Waals surface area contributed by atoms with Gasteiger partial charge in [0.1, 0.15) is 17.5 Å². The van der Waals surface area contributed by atoms with Gasteiger partial charge in [0.05, 0.1) is 5.92 Å². The fraction of sp³-hybridized carbons (Fsp3) is 0.652. The molecule has 1 saturated heterocycles. The lowest BCUT2D eigenvalue weighted by atomic mass is 9.84. The van der Waals surface area contributed by atoms with Gasteiger partial charge in [-0.15, -0.1) is 0 Å². The number of pyridine rings is 1. The number of aliphatic carboxylic acids is 1. The summed E-state index contributed by atoms with van der Waals surface area (Å²) in [5, 5.41) is 9.77. The van der Waals surface area contributed by atoms with Crippen LogP contribution in [-0.4, -0.2) is 59.6 Å². The number of ether oxygens (including phenoxy) is 1. The van der Waals surface area contributed by atoms with Gasteiger partial charge in [-0.1, -0.05) is 33.9 Å². The van der Waals surface area contributed by atoms with E-state index < -0.39 is 37.9 Å². The molecule has 32 heavy (non-hydrogen) atoms. The molecule has 2 heterocycles. The highest BCUT2D eigenvalue weighted by Gasteiger charge is 2.59. The summed E-state index contributed by atoms with van der Waals surface area (Å²) in [6.07, 6.45) is -0.256. The third-order valence-electron chi connectivity index (χ3n) is 6.37. The summed E-state index contributed by atoms with van der Waals surface area (Å²) in [5.74, 6) is -1.32. The number of hydrogen-bond acceptors (Lipinski definition) is 5. The van der Waals surface area contributed by atoms with Gasteiger partial charge in [-0.2, -0.15) is 0 Å². The normalized spacial score (nSPS) is 19.4. The molecule has 1 aliphatic heterocycles. The van der Waals surface area contributed by atoms with Crippen molar-refractivity contribution in [3.63, 3.8) is 0 Å². The number of β-lactam (4-membered cyclic amide) rings is 1. The molecule has 9 heteroatoms. The Hall–Kier alpha value is -2.42.